The Morgan fingerprint density at radius 1 is 1.00 bits per heavy atom. The van der Waals surface area contributed by atoms with Crippen LogP contribution in [0.25, 0.3) is 0 Å². The van der Waals surface area contributed by atoms with E-state index in [1.165, 1.54) is 5.56 Å². The van der Waals surface area contributed by atoms with Crippen LogP contribution in [0.2, 0.25) is 5.02 Å². The Hall–Kier alpha value is -2.04. The predicted octanol–water partition coefficient (Wildman–Crippen LogP) is 3.70. The van der Waals surface area contributed by atoms with Gasteiger partial charge in [-0.1, -0.05) is 23.7 Å². The van der Waals surface area contributed by atoms with E-state index in [2.05, 4.69) is 17.0 Å². The molecule has 1 aliphatic heterocycles. The fraction of sp³-hybridized carbons (Fsp3) is 0.350. The zero-order valence-corrected chi connectivity index (χ0v) is 15.2. The average Bonchev–Trinajstić information content (AvgIpc) is 2.89. The largest absolute Gasteiger partial charge is 0.497 e. The predicted molar refractivity (Wildman–Crippen MR) is 100 cm³/mol. The first-order chi connectivity index (χ1) is 12.2. The minimum atomic E-state index is 0.0935. The van der Waals surface area contributed by atoms with Crippen LogP contribution in [0.3, 0.4) is 0 Å². The smallest absolute Gasteiger partial charge is 0.253 e. The average molecular weight is 359 g/mol. The van der Waals surface area contributed by atoms with Gasteiger partial charge in [-0.15, -0.1) is 0 Å². The summed E-state index contributed by atoms with van der Waals surface area (Å²) in [6.07, 6.45) is 0.982. The first-order valence-corrected chi connectivity index (χ1v) is 8.93. The molecule has 0 aliphatic carbocycles. The molecule has 1 aliphatic rings. The molecule has 2 aromatic rings. The van der Waals surface area contributed by atoms with E-state index >= 15 is 0 Å². The highest BCUT2D eigenvalue weighted by atomic mass is 35.5. The van der Waals surface area contributed by atoms with Crippen LogP contribution in [0, 0.1) is 0 Å². The highest BCUT2D eigenvalue weighted by Gasteiger charge is 2.20. The molecular formula is C20H23ClN2O2. The normalized spacial score (nSPS) is 15.7. The third-order valence-electron chi connectivity index (χ3n) is 4.53. The number of halogens is 1. The first-order valence-electron chi connectivity index (χ1n) is 8.56. The van der Waals surface area contributed by atoms with Gasteiger partial charge in [0.05, 0.1) is 7.11 Å². The molecule has 5 heteroatoms. The summed E-state index contributed by atoms with van der Waals surface area (Å²) in [6.45, 7) is 4.31. The molecule has 25 heavy (non-hydrogen) atoms. The molecule has 2 aromatic carbocycles. The lowest BCUT2D eigenvalue weighted by atomic mass is 10.2. The van der Waals surface area contributed by atoms with E-state index in [0.717, 1.165) is 49.9 Å². The maximum atomic E-state index is 12.7. The van der Waals surface area contributed by atoms with E-state index in [1.54, 1.807) is 7.11 Å². The number of ether oxygens (including phenoxy) is 1. The molecule has 0 atom stereocenters. The van der Waals surface area contributed by atoms with E-state index in [-0.39, 0.29) is 5.91 Å². The number of hydrogen-bond donors (Lipinski definition) is 0. The third kappa shape index (κ3) is 4.74. The molecule has 0 unspecified atom stereocenters. The van der Waals surface area contributed by atoms with Crippen molar-refractivity contribution in [1.29, 1.82) is 0 Å². The summed E-state index contributed by atoms with van der Waals surface area (Å²) in [5, 5.41) is 0.760. The van der Waals surface area contributed by atoms with Crippen LogP contribution >= 0.6 is 11.6 Å². The number of hydrogen-bond acceptors (Lipinski definition) is 3. The topological polar surface area (TPSA) is 32.8 Å². The summed E-state index contributed by atoms with van der Waals surface area (Å²) in [6, 6.07) is 15.3. The second kappa shape index (κ2) is 8.37. The molecule has 4 nitrogen and oxygen atoms in total. The zero-order valence-electron chi connectivity index (χ0n) is 14.5. The Kier molecular flexibility index (Phi) is 5.95. The second-order valence-corrected chi connectivity index (χ2v) is 6.71. The van der Waals surface area contributed by atoms with Gasteiger partial charge in [0.2, 0.25) is 0 Å². The van der Waals surface area contributed by atoms with Gasteiger partial charge in [-0.25, -0.2) is 0 Å². The first kappa shape index (κ1) is 17.8. The lowest BCUT2D eigenvalue weighted by molar-refractivity contribution is 0.0761. The highest BCUT2D eigenvalue weighted by molar-refractivity contribution is 6.30. The van der Waals surface area contributed by atoms with Crippen LogP contribution in [-0.2, 0) is 6.54 Å². The fourth-order valence-corrected chi connectivity index (χ4v) is 3.22. The second-order valence-electron chi connectivity index (χ2n) is 6.28. The number of benzene rings is 2. The van der Waals surface area contributed by atoms with Gasteiger partial charge >= 0.3 is 0 Å². The summed E-state index contributed by atoms with van der Waals surface area (Å²) in [4.78, 5) is 17.0. The van der Waals surface area contributed by atoms with Crippen molar-refractivity contribution < 1.29 is 9.53 Å². The van der Waals surface area contributed by atoms with Gasteiger partial charge in [0.1, 0.15) is 5.75 Å². The monoisotopic (exact) mass is 358 g/mol. The van der Waals surface area contributed by atoms with Crippen LogP contribution in [0.15, 0.2) is 48.5 Å². The standard InChI is InChI=1S/C20H23ClN2O2/c1-25-19-9-5-17(6-10-19)20(24)23-12-2-11-22(13-14-23)15-16-3-7-18(21)8-4-16/h3-10H,2,11-15H2,1H3. The van der Waals surface area contributed by atoms with E-state index in [4.69, 9.17) is 16.3 Å². The van der Waals surface area contributed by atoms with Crippen LogP contribution in [0.1, 0.15) is 22.3 Å². The van der Waals surface area contributed by atoms with Crippen molar-refractivity contribution in [3.63, 3.8) is 0 Å². The van der Waals surface area contributed by atoms with Crippen LogP contribution in [0.4, 0.5) is 0 Å². The molecule has 0 aromatic heterocycles. The minimum Gasteiger partial charge on any atom is -0.497 e. The number of rotatable bonds is 4. The lowest BCUT2D eigenvalue weighted by Gasteiger charge is -2.22. The van der Waals surface area contributed by atoms with Gasteiger partial charge in [-0.05, 0) is 48.4 Å². The van der Waals surface area contributed by atoms with Crippen LogP contribution in [0.5, 0.6) is 5.75 Å². The summed E-state index contributed by atoms with van der Waals surface area (Å²) in [5.41, 5.74) is 1.96. The summed E-state index contributed by atoms with van der Waals surface area (Å²) in [5.74, 6) is 0.859. The Balaban J connectivity index is 1.58. The van der Waals surface area contributed by atoms with Gasteiger partial charge in [0.15, 0.2) is 0 Å². The lowest BCUT2D eigenvalue weighted by Crippen LogP contribution is -2.35. The van der Waals surface area contributed by atoms with Crippen molar-refractivity contribution in [3.05, 3.63) is 64.7 Å². The van der Waals surface area contributed by atoms with E-state index in [1.807, 2.05) is 41.3 Å². The molecule has 0 radical (unpaired) electrons. The number of amides is 1. The molecule has 0 N–H and O–H groups in total. The number of carbonyl (C=O) groups excluding carboxylic acids is 1. The maximum absolute atomic E-state index is 12.7. The van der Waals surface area contributed by atoms with Gasteiger partial charge in [-0.2, -0.15) is 0 Å². The quantitative estimate of drug-likeness (QED) is 0.835. The Bertz CT molecular complexity index is 701. The van der Waals surface area contributed by atoms with E-state index in [9.17, 15) is 4.79 Å². The SMILES string of the molecule is COc1ccc(C(=O)N2CCCN(Cc3ccc(Cl)cc3)CC2)cc1. The number of carbonyl (C=O) groups is 1. The molecule has 1 heterocycles. The molecule has 1 amide bonds. The van der Waals surface area contributed by atoms with Crippen LogP contribution < -0.4 is 4.74 Å². The number of methoxy groups -OCH3 is 1. The highest BCUT2D eigenvalue weighted by Crippen LogP contribution is 2.16. The summed E-state index contributed by atoms with van der Waals surface area (Å²) in [7, 11) is 1.63. The van der Waals surface area contributed by atoms with Gasteiger partial charge in [-0.3, -0.25) is 9.69 Å². The zero-order chi connectivity index (χ0) is 17.6. The van der Waals surface area contributed by atoms with E-state index in [0.29, 0.717) is 5.56 Å². The molecule has 1 fully saturated rings. The maximum Gasteiger partial charge on any atom is 0.253 e. The summed E-state index contributed by atoms with van der Waals surface area (Å²) < 4.78 is 5.15. The van der Waals surface area contributed by atoms with Crippen molar-refractivity contribution >= 4 is 17.5 Å². The molecule has 0 bridgehead atoms. The van der Waals surface area contributed by atoms with Gasteiger partial charge < -0.3 is 9.64 Å². The van der Waals surface area contributed by atoms with Crippen molar-refractivity contribution in [2.24, 2.45) is 0 Å². The van der Waals surface area contributed by atoms with Crippen molar-refractivity contribution in [2.45, 2.75) is 13.0 Å². The van der Waals surface area contributed by atoms with Crippen molar-refractivity contribution in [1.82, 2.24) is 9.80 Å². The molecule has 1 saturated heterocycles. The summed E-state index contributed by atoms with van der Waals surface area (Å²) >= 11 is 5.95. The molecule has 0 saturated carbocycles. The Labute approximate surface area is 154 Å². The molecule has 3 rings (SSSR count). The Morgan fingerprint density at radius 3 is 2.40 bits per heavy atom. The van der Waals surface area contributed by atoms with Gasteiger partial charge in [0, 0.05) is 43.3 Å². The van der Waals surface area contributed by atoms with Crippen LogP contribution in [-0.4, -0.2) is 49.0 Å². The molecular weight excluding hydrogens is 336 g/mol. The van der Waals surface area contributed by atoms with E-state index < -0.39 is 0 Å². The molecule has 0 spiro atoms. The third-order valence-corrected chi connectivity index (χ3v) is 4.78. The van der Waals surface area contributed by atoms with Gasteiger partial charge in [0.25, 0.3) is 5.91 Å². The minimum absolute atomic E-state index is 0.0935. The molecule has 132 valence electrons. The van der Waals surface area contributed by atoms with Crippen molar-refractivity contribution in [2.75, 3.05) is 33.3 Å². The fourth-order valence-electron chi connectivity index (χ4n) is 3.10. The number of nitrogens with zero attached hydrogens (tertiary/aromatic N) is 2. The Morgan fingerprint density at radius 2 is 1.72 bits per heavy atom. The van der Waals surface area contributed by atoms with Crippen molar-refractivity contribution in [3.8, 4) is 5.75 Å².